The summed E-state index contributed by atoms with van der Waals surface area (Å²) in [5.74, 6) is 0.0888. The van der Waals surface area contributed by atoms with Crippen molar-refractivity contribution in [1.29, 1.82) is 0 Å². The summed E-state index contributed by atoms with van der Waals surface area (Å²) in [6.07, 6.45) is 3.75. The van der Waals surface area contributed by atoms with Gasteiger partial charge in [-0.1, -0.05) is 0 Å². The average Bonchev–Trinajstić information content (AvgIpc) is 2.40. The van der Waals surface area contributed by atoms with Crippen molar-refractivity contribution in [3.8, 4) is 0 Å². The highest BCUT2D eigenvalue weighted by Crippen LogP contribution is 2.21. The van der Waals surface area contributed by atoms with Crippen LogP contribution in [0.4, 0.5) is 4.79 Å². The minimum absolute atomic E-state index is 0.0855. The Hall–Kier alpha value is -0.380. The summed E-state index contributed by atoms with van der Waals surface area (Å²) in [4.78, 5) is 10.7. The fourth-order valence-electron chi connectivity index (χ4n) is 1.23. The Morgan fingerprint density at radius 3 is 2.64 bits per heavy atom. The van der Waals surface area contributed by atoms with Crippen LogP contribution in [0.15, 0.2) is 0 Å². The van der Waals surface area contributed by atoms with Crippen molar-refractivity contribution in [2.24, 2.45) is 0 Å². The SMILES string of the molecule is O=C(OCS)OC1CCCC1. The van der Waals surface area contributed by atoms with Crippen LogP contribution in [0.25, 0.3) is 0 Å². The molecule has 1 saturated carbocycles. The van der Waals surface area contributed by atoms with Gasteiger partial charge in [0, 0.05) is 0 Å². The highest BCUT2D eigenvalue weighted by molar-refractivity contribution is 7.80. The van der Waals surface area contributed by atoms with Gasteiger partial charge in [-0.2, -0.15) is 0 Å². The van der Waals surface area contributed by atoms with E-state index >= 15 is 0 Å². The maximum atomic E-state index is 10.7. The molecule has 1 aliphatic rings. The largest absolute Gasteiger partial charge is 0.509 e. The van der Waals surface area contributed by atoms with E-state index in [9.17, 15) is 4.79 Å². The lowest BCUT2D eigenvalue weighted by Crippen LogP contribution is -2.15. The summed E-state index contributed by atoms with van der Waals surface area (Å²) in [5, 5.41) is 0. The summed E-state index contributed by atoms with van der Waals surface area (Å²) in [6, 6.07) is 0. The summed E-state index contributed by atoms with van der Waals surface area (Å²) in [6.45, 7) is 0. The van der Waals surface area contributed by atoms with Gasteiger partial charge in [-0.05, 0) is 25.7 Å². The van der Waals surface area contributed by atoms with E-state index in [4.69, 9.17) is 4.74 Å². The van der Waals surface area contributed by atoms with Gasteiger partial charge >= 0.3 is 6.16 Å². The number of rotatable bonds is 2. The molecule has 0 amide bonds. The van der Waals surface area contributed by atoms with Gasteiger partial charge in [-0.15, -0.1) is 12.6 Å². The number of hydrogen-bond acceptors (Lipinski definition) is 4. The third-order valence-corrected chi connectivity index (χ3v) is 1.88. The second-order valence-electron chi connectivity index (χ2n) is 2.55. The summed E-state index contributed by atoms with van der Waals surface area (Å²) < 4.78 is 9.45. The van der Waals surface area contributed by atoms with Crippen LogP contribution in [-0.2, 0) is 9.47 Å². The fraction of sp³-hybridized carbons (Fsp3) is 0.857. The molecule has 1 fully saturated rings. The number of carbonyl (C=O) groups excluding carboxylic acids is 1. The van der Waals surface area contributed by atoms with E-state index < -0.39 is 6.16 Å². The highest BCUT2D eigenvalue weighted by atomic mass is 32.1. The molecule has 11 heavy (non-hydrogen) atoms. The van der Waals surface area contributed by atoms with E-state index in [1.165, 1.54) is 0 Å². The summed E-state index contributed by atoms with van der Waals surface area (Å²) in [7, 11) is 0. The first-order valence-electron chi connectivity index (χ1n) is 3.77. The third kappa shape index (κ3) is 3.01. The molecule has 0 aromatic carbocycles. The predicted octanol–water partition coefficient (Wildman–Crippen LogP) is 1.97. The maximum absolute atomic E-state index is 10.7. The first-order valence-corrected chi connectivity index (χ1v) is 4.40. The smallest absolute Gasteiger partial charge is 0.431 e. The zero-order valence-electron chi connectivity index (χ0n) is 6.28. The van der Waals surface area contributed by atoms with E-state index in [1.807, 2.05) is 0 Å². The van der Waals surface area contributed by atoms with Crippen molar-refractivity contribution in [2.45, 2.75) is 31.8 Å². The molecule has 1 aliphatic carbocycles. The second kappa shape index (κ2) is 4.49. The molecule has 0 unspecified atom stereocenters. The lowest BCUT2D eigenvalue weighted by atomic mass is 10.3. The van der Waals surface area contributed by atoms with Crippen molar-refractivity contribution in [3.63, 3.8) is 0 Å². The lowest BCUT2D eigenvalue weighted by molar-refractivity contribution is 0.0366. The van der Waals surface area contributed by atoms with Gasteiger partial charge in [0.25, 0.3) is 0 Å². The third-order valence-electron chi connectivity index (χ3n) is 1.75. The number of thiol groups is 1. The van der Waals surface area contributed by atoms with E-state index in [0.717, 1.165) is 25.7 Å². The first-order chi connectivity index (χ1) is 5.33. The van der Waals surface area contributed by atoms with Crippen LogP contribution >= 0.6 is 12.6 Å². The average molecular weight is 176 g/mol. The van der Waals surface area contributed by atoms with Crippen molar-refractivity contribution in [2.75, 3.05) is 5.94 Å². The molecule has 0 aromatic heterocycles. The van der Waals surface area contributed by atoms with Gasteiger partial charge in [0.05, 0.1) is 0 Å². The van der Waals surface area contributed by atoms with Gasteiger partial charge in [-0.3, -0.25) is 0 Å². The Morgan fingerprint density at radius 2 is 2.09 bits per heavy atom. The van der Waals surface area contributed by atoms with Crippen LogP contribution in [0.5, 0.6) is 0 Å². The lowest BCUT2D eigenvalue weighted by Gasteiger charge is -2.09. The minimum Gasteiger partial charge on any atom is -0.431 e. The molecule has 0 spiro atoms. The quantitative estimate of drug-likeness (QED) is 0.397. The van der Waals surface area contributed by atoms with Crippen molar-refractivity contribution in [3.05, 3.63) is 0 Å². The van der Waals surface area contributed by atoms with Gasteiger partial charge in [0.2, 0.25) is 0 Å². The summed E-state index contributed by atoms with van der Waals surface area (Å²) in [5.41, 5.74) is 0. The molecule has 0 heterocycles. The molecule has 3 nitrogen and oxygen atoms in total. The zero-order valence-corrected chi connectivity index (χ0v) is 7.18. The Morgan fingerprint density at radius 1 is 1.45 bits per heavy atom. The van der Waals surface area contributed by atoms with E-state index in [0.29, 0.717) is 0 Å². The van der Waals surface area contributed by atoms with Crippen LogP contribution in [-0.4, -0.2) is 18.2 Å². The topological polar surface area (TPSA) is 35.5 Å². The molecule has 0 atom stereocenters. The Kier molecular flexibility index (Phi) is 3.56. The monoisotopic (exact) mass is 176 g/mol. The van der Waals surface area contributed by atoms with Crippen LogP contribution in [0.2, 0.25) is 0 Å². The van der Waals surface area contributed by atoms with Crippen LogP contribution in [0.1, 0.15) is 25.7 Å². The van der Waals surface area contributed by atoms with Crippen LogP contribution < -0.4 is 0 Å². The van der Waals surface area contributed by atoms with Gasteiger partial charge in [0.15, 0.2) is 0 Å². The molecule has 4 heteroatoms. The van der Waals surface area contributed by atoms with Gasteiger partial charge in [-0.25, -0.2) is 4.79 Å². The number of carbonyl (C=O) groups is 1. The van der Waals surface area contributed by atoms with Gasteiger partial charge in [0.1, 0.15) is 12.0 Å². The Bertz CT molecular complexity index is 132. The second-order valence-corrected chi connectivity index (χ2v) is 2.81. The molecular formula is C7H12O3S. The molecule has 0 radical (unpaired) electrons. The Balaban J connectivity index is 2.13. The molecule has 64 valence electrons. The zero-order chi connectivity index (χ0) is 8.10. The number of ether oxygens (including phenoxy) is 2. The predicted molar refractivity (Wildman–Crippen MR) is 43.7 cm³/mol. The standard InChI is InChI=1S/C7H12O3S/c8-7(9-5-11)10-6-3-1-2-4-6/h6,11H,1-5H2. The molecule has 0 aliphatic heterocycles. The van der Waals surface area contributed by atoms with Crippen LogP contribution in [0, 0.1) is 0 Å². The Labute approximate surface area is 71.5 Å². The van der Waals surface area contributed by atoms with Crippen molar-refractivity contribution in [1.82, 2.24) is 0 Å². The first kappa shape index (κ1) is 8.71. The molecule has 1 rings (SSSR count). The van der Waals surface area contributed by atoms with Crippen LogP contribution in [0.3, 0.4) is 0 Å². The minimum atomic E-state index is -0.591. The van der Waals surface area contributed by atoms with E-state index in [2.05, 4.69) is 17.4 Å². The normalized spacial score (nSPS) is 18.3. The van der Waals surface area contributed by atoms with Crippen molar-refractivity contribution >= 4 is 18.8 Å². The maximum Gasteiger partial charge on any atom is 0.509 e. The van der Waals surface area contributed by atoms with Crippen molar-refractivity contribution < 1.29 is 14.3 Å². The molecule has 0 N–H and O–H groups in total. The molecular weight excluding hydrogens is 164 g/mol. The van der Waals surface area contributed by atoms with E-state index in [1.54, 1.807) is 0 Å². The molecule has 0 saturated heterocycles. The summed E-state index contributed by atoms with van der Waals surface area (Å²) >= 11 is 3.73. The molecule has 0 aromatic rings. The number of hydrogen-bond donors (Lipinski definition) is 1. The van der Waals surface area contributed by atoms with E-state index in [-0.39, 0.29) is 12.0 Å². The fourth-order valence-corrected chi connectivity index (χ4v) is 1.33. The van der Waals surface area contributed by atoms with Gasteiger partial charge < -0.3 is 9.47 Å². The molecule has 0 bridgehead atoms. The highest BCUT2D eigenvalue weighted by Gasteiger charge is 2.19.